The Morgan fingerprint density at radius 3 is 2.34 bits per heavy atom. The Labute approximate surface area is 191 Å². The van der Waals surface area contributed by atoms with E-state index in [1.54, 1.807) is 23.9 Å². The lowest BCUT2D eigenvalue weighted by Gasteiger charge is -2.32. The molecule has 7 nitrogen and oxygen atoms in total. The summed E-state index contributed by atoms with van der Waals surface area (Å²) in [7, 11) is -2.02. The molecule has 1 aliphatic heterocycles. The highest BCUT2D eigenvalue weighted by atomic mass is 32.2. The van der Waals surface area contributed by atoms with Gasteiger partial charge in [-0.3, -0.25) is 9.88 Å². The van der Waals surface area contributed by atoms with Gasteiger partial charge in [0.15, 0.2) is 5.03 Å². The number of aromatic nitrogens is 3. The standard InChI is InChI=1S/C23H36FN5O2S/c1-4-6-8-13-28(14-9-7-5-2)21-16-29(32(30,31)22-17-27(3)18-26-22)15-19(21)23-20(24)11-10-12-25-23/h10-12,17-19,21H,4-9,13-16H2,1-3H3. The number of unbranched alkanes of at least 4 members (excludes halogenated alkanes) is 4. The molecule has 0 radical (unpaired) electrons. The molecular formula is C23H36FN5O2S. The predicted octanol–water partition coefficient (Wildman–Crippen LogP) is 3.79. The number of nitrogens with zero attached hydrogens (tertiary/aromatic N) is 5. The first kappa shape index (κ1) is 24.8. The maximum Gasteiger partial charge on any atom is 0.262 e. The van der Waals surface area contributed by atoms with Crippen LogP contribution in [0, 0.1) is 5.82 Å². The summed E-state index contributed by atoms with van der Waals surface area (Å²) in [6, 6.07) is 2.87. The van der Waals surface area contributed by atoms with Crippen molar-refractivity contribution in [2.45, 2.75) is 69.4 Å². The Morgan fingerprint density at radius 2 is 1.78 bits per heavy atom. The highest BCUT2D eigenvalue weighted by molar-refractivity contribution is 7.89. The van der Waals surface area contributed by atoms with Gasteiger partial charge < -0.3 is 4.57 Å². The van der Waals surface area contributed by atoms with E-state index in [9.17, 15) is 12.8 Å². The Morgan fingerprint density at radius 1 is 1.09 bits per heavy atom. The summed E-state index contributed by atoms with van der Waals surface area (Å²) < 4.78 is 44.5. The van der Waals surface area contributed by atoms with E-state index in [-0.39, 0.29) is 29.3 Å². The molecule has 0 N–H and O–H groups in total. The zero-order valence-corrected chi connectivity index (χ0v) is 20.3. The van der Waals surface area contributed by atoms with Crippen LogP contribution in [0.15, 0.2) is 35.9 Å². The Bertz CT molecular complexity index is 955. The van der Waals surface area contributed by atoms with Crippen LogP contribution in [0.2, 0.25) is 0 Å². The van der Waals surface area contributed by atoms with E-state index >= 15 is 0 Å². The smallest absolute Gasteiger partial charge is 0.262 e. The second kappa shape index (κ2) is 11.3. The van der Waals surface area contributed by atoms with Gasteiger partial charge in [-0.25, -0.2) is 17.8 Å². The third-order valence-electron chi connectivity index (χ3n) is 6.25. The average Bonchev–Trinajstić information content (AvgIpc) is 3.41. The zero-order chi connectivity index (χ0) is 23.1. The van der Waals surface area contributed by atoms with E-state index in [1.165, 1.54) is 22.9 Å². The maximum absolute atomic E-state index is 14.8. The highest BCUT2D eigenvalue weighted by Gasteiger charge is 2.44. The molecule has 1 fully saturated rings. The summed E-state index contributed by atoms with van der Waals surface area (Å²) in [5, 5.41) is 0.0319. The molecule has 2 unspecified atom stereocenters. The van der Waals surface area contributed by atoms with Crippen molar-refractivity contribution in [3.63, 3.8) is 0 Å². The molecule has 9 heteroatoms. The fourth-order valence-electron chi connectivity index (χ4n) is 4.48. The van der Waals surface area contributed by atoms with Gasteiger partial charge in [-0.2, -0.15) is 4.31 Å². The molecule has 0 saturated carbocycles. The van der Waals surface area contributed by atoms with Crippen molar-refractivity contribution in [3.05, 3.63) is 42.4 Å². The van der Waals surface area contributed by atoms with E-state index in [0.717, 1.165) is 51.6 Å². The first-order valence-corrected chi connectivity index (χ1v) is 13.1. The summed E-state index contributed by atoms with van der Waals surface area (Å²) in [5.41, 5.74) is 0.354. The van der Waals surface area contributed by atoms with Crippen LogP contribution in [0.4, 0.5) is 4.39 Å². The van der Waals surface area contributed by atoms with E-state index < -0.39 is 10.0 Å². The van der Waals surface area contributed by atoms with E-state index in [0.29, 0.717) is 12.2 Å². The number of hydrogen-bond acceptors (Lipinski definition) is 5. The monoisotopic (exact) mass is 465 g/mol. The summed E-state index contributed by atoms with van der Waals surface area (Å²) in [5.74, 6) is -0.695. The van der Waals surface area contributed by atoms with Crippen LogP contribution in [-0.4, -0.2) is 64.4 Å². The fourth-order valence-corrected chi connectivity index (χ4v) is 5.93. The molecule has 0 spiro atoms. The number of rotatable bonds is 12. The lowest BCUT2D eigenvalue weighted by atomic mass is 9.96. The van der Waals surface area contributed by atoms with Crippen molar-refractivity contribution in [3.8, 4) is 0 Å². The van der Waals surface area contributed by atoms with Gasteiger partial charge in [-0.05, 0) is 38.1 Å². The van der Waals surface area contributed by atoms with Gasteiger partial charge in [-0.1, -0.05) is 39.5 Å². The van der Waals surface area contributed by atoms with Crippen molar-refractivity contribution >= 4 is 10.0 Å². The van der Waals surface area contributed by atoms with Gasteiger partial charge in [-0.15, -0.1) is 0 Å². The minimum Gasteiger partial charge on any atom is -0.339 e. The number of halogens is 1. The molecule has 0 aliphatic carbocycles. The molecule has 2 aromatic heterocycles. The molecule has 0 bridgehead atoms. The van der Waals surface area contributed by atoms with Crippen molar-refractivity contribution in [2.75, 3.05) is 26.2 Å². The van der Waals surface area contributed by atoms with E-state index in [2.05, 4.69) is 28.7 Å². The molecule has 32 heavy (non-hydrogen) atoms. The van der Waals surface area contributed by atoms with E-state index in [4.69, 9.17) is 0 Å². The zero-order valence-electron chi connectivity index (χ0n) is 19.5. The number of imidazole rings is 1. The van der Waals surface area contributed by atoms with Crippen LogP contribution in [0.5, 0.6) is 0 Å². The maximum atomic E-state index is 14.8. The van der Waals surface area contributed by atoms with Crippen LogP contribution < -0.4 is 0 Å². The van der Waals surface area contributed by atoms with Gasteiger partial charge in [0.05, 0.1) is 12.0 Å². The predicted molar refractivity (Wildman–Crippen MR) is 123 cm³/mol. The van der Waals surface area contributed by atoms with Crippen molar-refractivity contribution < 1.29 is 12.8 Å². The van der Waals surface area contributed by atoms with E-state index in [1.807, 2.05) is 0 Å². The van der Waals surface area contributed by atoms with Crippen LogP contribution in [0.25, 0.3) is 0 Å². The average molecular weight is 466 g/mol. The molecule has 3 rings (SSSR count). The van der Waals surface area contributed by atoms with Gasteiger partial charge in [0.25, 0.3) is 10.0 Å². The Balaban J connectivity index is 1.92. The summed E-state index contributed by atoms with van der Waals surface area (Å²) in [4.78, 5) is 10.8. The van der Waals surface area contributed by atoms with Crippen molar-refractivity contribution in [1.29, 1.82) is 0 Å². The highest BCUT2D eigenvalue weighted by Crippen LogP contribution is 2.34. The fraction of sp³-hybridized carbons (Fsp3) is 0.652. The molecule has 178 valence electrons. The van der Waals surface area contributed by atoms with Crippen molar-refractivity contribution in [2.24, 2.45) is 7.05 Å². The van der Waals surface area contributed by atoms with Gasteiger partial charge in [0.2, 0.25) is 0 Å². The van der Waals surface area contributed by atoms with Crippen LogP contribution >= 0.6 is 0 Å². The lowest BCUT2D eigenvalue weighted by Crippen LogP contribution is -2.42. The summed E-state index contributed by atoms with van der Waals surface area (Å²) in [6.07, 6.45) is 11.2. The Hall–Kier alpha value is -1.84. The molecule has 3 heterocycles. The quantitative estimate of drug-likeness (QED) is 0.446. The largest absolute Gasteiger partial charge is 0.339 e. The molecule has 2 atom stereocenters. The topological polar surface area (TPSA) is 71.3 Å². The summed E-state index contributed by atoms with van der Waals surface area (Å²) in [6.45, 7) is 6.62. The van der Waals surface area contributed by atoms with Gasteiger partial charge in [0, 0.05) is 44.5 Å². The molecular weight excluding hydrogens is 429 g/mol. The van der Waals surface area contributed by atoms with Crippen LogP contribution in [-0.2, 0) is 17.1 Å². The van der Waals surface area contributed by atoms with Crippen molar-refractivity contribution in [1.82, 2.24) is 23.7 Å². The van der Waals surface area contributed by atoms with Crippen LogP contribution in [0.1, 0.15) is 64.0 Å². The molecule has 1 saturated heterocycles. The summed E-state index contributed by atoms with van der Waals surface area (Å²) >= 11 is 0. The number of hydrogen-bond donors (Lipinski definition) is 0. The Kier molecular flexibility index (Phi) is 8.79. The van der Waals surface area contributed by atoms with Gasteiger partial charge >= 0.3 is 0 Å². The third-order valence-corrected chi connectivity index (χ3v) is 7.96. The molecule has 2 aromatic rings. The third kappa shape index (κ3) is 5.74. The SMILES string of the molecule is CCCCCN(CCCCC)C1CN(S(=O)(=O)c2cn(C)cn2)CC1c1ncccc1F. The second-order valence-corrected chi connectivity index (χ2v) is 10.6. The molecule has 0 aromatic carbocycles. The second-order valence-electron chi connectivity index (χ2n) is 8.69. The van der Waals surface area contributed by atoms with Gasteiger partial charge in [0.1, 0.15) is 5.82 Å². The van der Waals surface area contributed by atoms with Crippen LogP contribution in [0.3, 0.4) is 0 Å². The number of pyridine rings is 1. The molecule has 1 aliphatic rings. The first-order chi connectivity index (χ1) is 15.4. The molecule has 0 amide bonds. The first-order valence-electron chi connectivity index (χ1n) is 11.7. The minimum atomic E-state index is -3.76. The number of aryl methyl sites for hydroxylation is 1. The minimum absolute atomic E-state index is 0.0319. The normalized spacial score (nSPS) is 19.8. The number of sulfonamides is 1. The lowest BCUT2D eigenvalue weighted by molar-refractivity contribution is 0.181.